The number of hydrogen-bond acceptors (Lipinski definition) is 4. The molecule has 0 atom stereocenters. The average molecular weight is 263 g/mol. The van der Waals surface area contributed by atoms with Crippen LogP contribution in [0.3, 0.4) is 0 Å². The molecule has 1 fully saturated rings. The Morgan fingerprint density at radius 1 is 1.16 bits per heavy atom. The van der Waals surface area contributed by atoms with Crippen molar-refractivity contribution in [2.24, 2.45) is 5.73 Å². The second-order valence-corrected chi connectivity index (χ2v) is 4.95. The number of rotatable bonds is 3. The van der Waals surface area contributed by atoms with Gasteiger partial charge in [-0.1, -0.05) is 0 Å². The number of nitrogens with one attached hydrogen (secondary N) is 2. The van der Waals surface area contributed by atoms with Gasteiger partial charge in [-0.15, -0.1) is 0 Å². The van der Waals surface area contributed by atoms with Crippen molar-refractivity contribution >= 4 is 17.5 Å². The van der Waals surface area contributed by atoms with Crippen LogP contribution in [-0.2, 0) is 4.74 Å². The third-order valence-corrected chi connectivity index (χ3v) is 3.46. The van der Waals surface area contributed by atoms with Crippen LogP contribution in [0.5, 0.6) is 0 Å². The van der Waals surface area contributed by atoms with Gasteiger partial charge in [0, 0.05) is 23.5 Å². The summed E-state index contributed by atoms with van der Waals surface area (Å²) in [6, 6.07) is 8.49. The number of nitrogens with two attached hydrogens (primary N) is 1. The van der Waals surface area contributed by atoms with Crippen LogP contribution in [0.4, 0.5) is 16.2 Å². The highest BCUT2D eigenvalue weighted by molar-refractivity contribution is 5.84. The maximum Gasteiger partial charge on any atom is 0.411 e. The molecule has 0 saturated heterocycles. The first kappa shape index (κ1) is 13.7. The molecule has 0 unspecified atom stereocenters. The topological polar surface area (TPSA) is 76.4 Å². The van der Waals surface area contributed by atoms with Crippen LogP contribution in [-0.4, -0.2) is 25.3 Å². The number of carbonyl (C=O) groups is 1. The van der Waals surface area contributed by atoms with Crippen LogP contribution in [0.25, 0.3) is 0 Å². The molecule has 0 aliphatic heterocycles. The van der Waals surface area contributed by atoms with E-state index in [2.05, 4.69) is 15.4 Å². The SMILES string of the molecule is COC(=O)Nc1ccc(NC2CCC(N)CC2)cc1. The molecule has 0 radical (unpaired) electrons. The molecule has 1 saturated carbocycles. The molecule has 0 heterocycles. The molecule has 19 heavy (non-hydrogen) atoms. The Hall–Kier alpha value is -1.75. The molecule has 0 bridgehead atoms. The largest absolute Gasteiger partial charge is 0.453 e. The van der Waals surface area contributed by atoms with Crippen molar-refractivity contribution in [3.63, 3.8) is 0 Å². The van der Waals surface area contributed by atoms with E-state index in [4.69, 9.17) is 5.73 Å². The third-order valence-electron chi connectivity index (χ3n) is 3.46. The van der Waals surface area contributed by atoms with Crippen molar-refractivity contribution in [2.75, 3.05) is 17.7 Å². The van der Waals surface area contributed by atoms with E-state index in [0.29, 0.717) is 12.1 Å². The lowest BCUT2D eigenvalue weighted by molar-refractivity contribution is 0.187. The van der Waals surface area contributed by atoms with Gasteiger partial charge < -0.3 is 15.8 Å². The lowest BCUT2D eigenvalue weighted by Crippen LogP contribution is -2.32. The number of carbonyl (C=O) groups excluding carboxylic acids is 1. The third kappa shape index (κ3) is 4.13. The minimum atomic E-state index is -0.457. The Morgan fingerprint density at radius 2 is 1.74 bits per heavy atom. The van der Waals surface area contributed by atoms with Gasteiger partial charge in [-0.25, -0.2) is 4.79 Å². The summed E-state index contributed by atoms with van der Waals surface area (Å²) >= 11 is 0. The molecule has 2 rings (SSSR count). The Kier molecular flexibility index (Phi) is 4.63. The van der Waals surface area contributed by atoms with E-state index >= 15 is 0 Å². The number of hydrogen-bond donors (Lipinski definition) is 3. The fraction of sp³-hybridized carbons (Fsp3) is 0.500. The maximum atomic E-state index is 11.1. The monoisotopic (exact) mass is 263 g/mol. The standard InChI is InChI=1S/C14H21N3O2/c1-19-14(18)17-13-8-6-12(7-9-13)16-11-4-2-10(15)3-5-11/h6-11,16H,2-5,15H2,1H3,(H,17,18). The van der Waals surface area contributed by atoms with Gasteiger partial charge in [0.25, 0.3) is 0 Å². The summed E-state index contributed by atoms with van der Waals surface area (Å²) < 4.78 is 4.54. The van der Waals surface area contributed by atoms with Crippen molar-refractivity contribution in [1.29, 1.82) is 0 Å². The Labute approximate surface area is 113 Å². The molecule has 0 spiro atoms. The second-order valence-electron chi connectivity index (χ2n) is 4.95. The van der Waals surface area contributed by atoms with Gasteiger partial charge in [0.2, 0.25) is 0 Å². The molecule has 5 nitrogen and oxygen atoms in total. The summed E-state index contributed by atoms with van der Waals surface area (Å²) in [4.78, 5) is 11.1. The van der Waals surface area contributed by atoms with Crippen LogP contribution in [0.15, 0.2) is 24.3 Å². The Bertz CT molecular complexity index is 411. The zero-order valence-electron chi connectivity index (χ0n) is 11.2. The number of methoxy groups -OCH3 is 1. The molecule has 1 aromatic rings. The van der Waals surface area contributed by atoms with E-state index in [1.165, 1.54) is 7.11 Å². The van der Waals surface area contributed by atoms with Crippen LogP contribution < -0.4 is 16.4 Å². The molecular weight excluding hydrogens is 242 g/mol. The summed E-state index contributed by atoms with van der Waals surface area (Å²) in [5, 5.41) is 6.12. The number of amides is 1. The summed E-state index contributed by atoms with van der Waals surface area (Å²) in [7, 11) is 1.35. The van der Waals surface area contributed by atoms with E-state index in [1.807, 2.05) is 24.3 Å². The van der Waals surface area contributed by atoms with Gasteiger partial charge in [-0.2, -0.15) is 0 Å². The van der Waals surface area contributed by atoms with E-state index in [9.17, 15) is 4.79 Å². The number of benzene rings is 1. The molecular formula is C14H21N3O2. The quantitative estimate of drug-likeness (QED) is 0.783. The fourth-order valence-electron chi connectivity index (χ4n) is 2.32. The van der Waals surface area contributed by atoms with E-state index in [-0.39, 0.29) is 0 Å². The van der Waals surface area contributed by atoms with Crippen molar-refractivity contribution in [2.45, 2.75) is 37.8 Å². The van der Waals surface area contributed by atoms with Crippen LogP contribution in [0.2, 0.25) is 0 Å². The number of anilines is 2. The first-order valence-corrected chi connectivity index (χ1v) is 6.64. The summed E-state index contributed by atoms with van der Waals surface area (Å²) in [5.41, 5.74) is 7.68. The van der Waals surface area contributed by atoms with E-state index in [1.54, 1.807) is 0 Å². The van der Waals surface area contributed by atoms with Gasteiger partial charge >= 0.3 is 6.09 Å². The molecule has 1 aliphatic rings. The normalized spacial score (nSPS) is 22.6. The smallest absolute Gasteiger partial charge is 0.411 e. The van der Waals surface area contributed by atoms with Gasteiger partial charge in [0.05, 0.1) is 7.11 Å². The fourth-order valence-corrected chi connectivity index (χ4v) is 2.32. The zero-order chi connectivity index (χ0) is 13.7. The molecule has 1 amide bonds. The van der Waals surface area contributed by atoms with E-state index < -0.39 is 6.09 Å². The average Bonchev–Trinajstić information content (AvgIpc) is 2.43. The van der Waals surface area contributed by atoms with Crippen molar-refractivity contribution in [1.82, 2.24) is 0 Å². The second kappa shape index (κ2) is 6.43. The maximum absolute atomic E-state index is 11.1. The highest BCUT2D eigenvalue weighted by Crippen LogP contribution is 2.22. The summed E-state index contributed by atoms with van der Waals surface area (Å²) in [6.45, 7) is 0. The summed E-state index contributed by atoms with van der Waals surface area (Å²) in [5.74, 6) is 0. The molecule has 1 aliphatic carbocycles. The van der Waals surface area contributed by atoms with Crippen LogP contribution >= 0.6 is 0 Å². The van der Waals surface area contributed by atoms with Crippen molar-refractivity contribution < 1.29 is 9.53 Å². The van der Waals surface area contributed by atoms with Gasteiger partial charge in [-0.3, -0.25) is 5.32 Å². The molecule has 0 aromatic heterocycles. The Morgan fingerprint density at radius 3 is 2.32 bits per heavy atom. The van der Waals surface area contributed by atoms with Crippen LogP contribution in [0.1, 0.15) is 25.7 Å². The molecule has 104 valence electrons. The van der Waals surface area contributed by atoms with Crippen molar-refractivity contribution in [3.8, 4) is 0 Å². The zero-order valence-corrected chi connectivity index (χ0v) is 11.2. The van der Waals surface area contributed by atoms with Gasteiger partial charge in [0.15, 0.2) is 0 Å². The summed E-state index contributed by atoms with van der Waals surface area (Å²) in [6.07, 6.45) is 3.94. The van der Waals surface area contributed by atoms with Gasteiger partial charge in [-0.05, 0) is 49.9 Å². The first-order valence-electron chi connectivity index (χ1n) is 6.64. The van der Waals surface area contributed by atoms with Crippen molar-refractivity contribution in [3.05, 3.63) is 24.3 Å². The van der Waals surface area contributed by atoms with Gasteiger partial charge in [0.1, 0.15) is 0 Å². The van der Waals surface area contributed by atoms with E-state index in [0.717, 1.165) is 37.1 Å². The predicted molar refractivity (Wildman–Crippen MR) is 76.3 cm³/mol. The molecule has 1 aromatic carbocycles. The predicted octanol–water partition coefficient (Wildman–Crippen LogP) is 2.55. The lowest BCUT2D eigenvalue weighted by atomic mass is 9.92. The van der Waals surface area contributed by atoms with Crippen LogP contribution in [0, 0.1) is 0 Å². The Balaban J connectivity index is 1.86. The highest BCUT2D eigenvalue weighted by Gasteiger charge is 2.17. The minimum Gasteiger partial charge on any atom is -0.453 e. The molecule has 4 N–H and O–H groups in total. The minimum absolute atomic E-state index is 0.365. The lowest BCUT2D eigenvalue weighted by Gasteiger charge is -2.27. The first-order chi connectivity index (χ1) is 9.17. The molecule has 5 heteroatoms. The highest BCUT2D eigenvalue weighted by atomic mass is 16.5. The number of ether oxygens (including phenoxy) is 1.